The van der Waals surface area contributed by atoms with E-state index in [-0.39, 0.29) is 6.08 Å². The largest absolute Gasteiger partial charge is 0.450 e. The number of halogens is 8. The van der Waals surface area contributed by atoms with Crippen molar-refractivity contribution in [3.63, 3.8) is 0 Å². The molecule has 0 amide bonds. The van der Waals surface area contributed by atoms with E-state index in [0.717, 1.165) is 0 Å². The van der Waals surface area contributed by atoms with Crippen LogP contribution in [0.1, 0.15) is 0 Å². The second-order valence-corrected chi connectivity index (χ2v) is 2.65. The van der Waals surface area contributed by atoms with Gasteiger partial charge in [0.05, 0.1) is 0 Å². The van der Waals surface area contributed by atoms with E-state index in [0.29, 0.717) is 0 Å². The Hall–Kier alpha value is -1.35. The minimum atomic E-state index is -6.63. The highest BCUT2D eigenvalue weighted by Crippen LogP contribution is 2.49. The summed E-state index contributed by atoms with van der Waals surface area (Å²) in [6, 6.07) is 0. The molecule has 0 N–H and O–H groups in total. The van der Waals surface area contributed by atoms with Gasteiger partial charge in [-0.15, -0.1) is 0 Å². The molecule has 0 aliphatic heterocycles. The van der Waals surface area contributed by atoms with Crippen LogP contribution in [0.2, 0.25) is 0 Å². The van der Waals surface area contributed by atoms with Gasteiger partial charge >= 0.3 is 23.9 Å². The van der Waals surface area contributed by atoms with Crippen molar-refractivity contribution in [1.29, 1.82) is 0 Å². The first-order valence-corrected chi connectivity index (χ1v) is 3.67. The minimum Gasteiger partial charge on any atom is -0.395 e. The monoisotopic (exact) mass is 272 g/mol. The van der Waals surface area contributed by atoms with Gasteiger partial charge in [-0.25, -0.2) is 18.0 Å². The number of rotatable bonds is 4. The van der Waals surface area contributed by atoms with Crippen LogP contribution in [0.15, 0.2) is 12.7 Å². The number of esters is 1. The Morgan fingerprint density at radius 2 is 1.53 bits per heavy atom. The Labute approximate surface area is 88.8 Å². The Kier molecular flexibility index (Phi) is 4.14. The fourth-order valence-corrected chi connectivity index (χ4v) is 0.658. The second-order valence-electron chi connectivity index (χ2n) is 2.65. The third-order valence-corrected chi connectivity index (χ3v) is 1.53. The number of alkyl halides is 8. The summed E-state index contributed by atoms with van der Waals surface area (Å²) < 4.78 is 99.8. The molecule has 0 fully saturated rings. The lowest BCUT2D eigenvalue weighted by molar-refractivity contribution is -0.393. The van der Waals surface area contributed by atoms with E-state index < -0.39 is 30.3 Å². The quantitative estimate of drug-likeness (QED) is 0.447. The molecule has 0 saturated heterocycles. The molecule has 0 heterocycles. The van der Waals surface area contributed by atoms with Gasteiger partial charge in [0, 0.05) is 6.08 Å². The molecule has 100 valence electrons. The van der Waals surface area contributed by atoms with Gasteiger partial charge in [0.2, 0.25) is 0 Å². The second kappa shape index (κ2) is 4.49. The summed E-state index contributed by atoms with van der Waals surface area (Å²) in [4.78, 5) is 10.2. The molecule has 1 atom stereocenters. The zero-order chi connectivity index (χ0) is 14.1. The molecule has 0 aliphatic rings. The molecule has 0 aromatic carbocycles. The first-order valence-electron chi connectivity index (χ1n) is 3.67. The lowest BCUT2D eigenvalue weighted by Gasteiger charge is -2.32. The van der Waals surface area contributed by atoms with E-state index in [2.05, 4.69) is 11.3 Å². The van der Waals surface area contributed by atoms with Crippen molar-refractivity contribution in [2.24, 2.45) is 0 Å². The van der Waals surface area contributed by atoms with Crippen molar-refractivity contribution in [3.05, 3.63) is 12.7 Å². The number of ether oxygens (including phenoxy) is 1. The molecule has 0 aliphatic carbocycles. The summed E-state index contributed by atoms with van der Waals surface area (Å²) in [5.41, 5.74) is -6.29. The first-order chi connectivity index (χ1) is 7.40. The fraction of sp³-hybridized carbons (Fsp3) is 0.571. The molecule has 17 heavy (non-hydrogen) atoms. The van der Waals surface area contributed by atoms with Gasteiger partial charge in [-0.2, -0.15) is 22.0 Å². The molecule has 10 heteroatoms. The van der Waals surface area contributed by atoms with Crippen molar-refractivity contribution in [1.82, 2.24) is 0 Å². The maximum Gasteiger partial charge on any atom is 0.450 e. The Balaban J connectivity index is 5.47. The van der Waals surface area contributed by atoms with Crippen LogP contribution < -0.4 is 0 Å². The highest BCUT2D eigenvalue weighted by atomic mass is 19.4. The topological polar surface area (TPSA) is 26.3 Å². The van der Waals surface area contributed by atoms with Crippen molar-refractivity contribution < 1.29 is 44.7 Å². The standard InChI is InChI=1S/C7H4F8O2/c1-2-3(16)17-7(14,15)5(10,4(8)9)6(11,12)13/h2,4H,1H2. The molecular weight excluding hydrogens is 268 g/mol. The zero-order valence-corrected chi connectivity index (χ0v) is 7.70. The summed E-state index contributed by atoms with van der Waals surface area (Å²) in [5, 5.41) is 0. The third-order valence-electron chi connectivity index (χ3n) is 1.53. The van der Waals surface area contributed by atoms with E-state index in [9.17, 15) is 39.9 Å². The van der Waals surface area contributed by atoms with Crippen LogP contribution in [0.3, 0.4) is 0 Å². The summed E-state index contributed by atoms with van der Waals surface area (Å²) in [5.74, 6) is -2.18. The van der Waals surface area contributed by atoms with E-state index >= 15 is 0 Å². The average molecular weight is 272 g/mol. The number of hydrogen-bond donors (Lipinski definition) is 0. The predicted molar refractivity (Wildman–Crippen MR) is 37.1 cm³/mol. The fourth-order valence-electron chi connectivity index (χ4n) is 0.658. The molecule has 0 spiro atoms. The molecule has 0 aromatic rings. The van der Waals surface area contributed by atoms with E-state index in [1.54, 1.807) is 0 Å². The first kappa shape index (κ1) is 15.6. The molecule has 0 rings (SSSR count). The van der Waals surface area contributed by atoms with Crippen molar-refractivity contribution in [2.45, 2.75) is 24.4 Å². The summed E-state index contributed by atoms with van der Waals surface area (Å²) in [7, 11) is 0. The van der Waals surface area contributed by atoms with Crippen LogP contribution in [-0.2, 0) is 9.53 Å². The molecule has 0 radical (unpaired) electrons. The molecule has 1 unspecified atom stereocenters. The molecule has 2 nitrogen and oxygen atoms in total. The highest BCUT2D eigenvalue weighted by molar-refractivity contribution is 5.81. The summed E-state index contributed by atoms with van der Waals surface area (Å²) in [6.07, 6.45) is -17.9. The van der Waals surface area contributed by atoms with Crippen LogP contribution in [0.4, 0.5) is 35.1 Å². The Bertz CT molecular complexity index is 309. The Morgan fingerprint density at radius 3 is 1.76 bits per heavy atom. The van der Waals surface area contributed by atoms with E-state index in [4.69, 9.17) is 0 Å². The number of hydrogen-bond acceptors (Lipinski definition) is 2. The average Bonchev–Trinajstić information content (AvgIpc) is 2.13. The number of carbonyl (C=O) groups is 1. The van der Waals surface area contributed by atoms with Crippen molar-refractivity contribution in [2.75, 3.05) is 0 Å². The van der Waals surface area contributed by atoms with Gasteiger partial charge in [-0.3, -0.25) is 0 Å². The van der Waals surface area contributed by atoms with E-state index in [1.807, 2.05) is 0 Å². The van der Waals surface area contributed by atoms with Gasteiger partial charge in [0.1, 0.15) is 0 Å². The highest BCUT2D eigenvalue weighted by Gasteiger charge is 2.79. The molecule has 0 bridgehead atoms. The molecule has 0 saturated carbocycles. The van der Waals surface area contributed by atoms with Gasteiger partial charge < -0.3 is 4.74 Å². The molecular formula is C7H4F8O2. The van der Waals surface area contributed by atoms with Crippen LogP contribution in [0, 0.1) is 0 Å². The van der Waals surface area contributed by atoms with Gasteiger partial charge in [0.15, 0.2) is 0 Å². The van der Waals surface area contributed by atoms with Gasteiger partial charge in [-0.1, -0.05) is 6.58 Å². The van der Waals surface area contributed by atoms with Gasteiger partial charge in [0.25, 0.3) is 6.43 Å². The Morgan fingerprint density at radius 1 is 1.12 bits per heavy atom. The SMILES string of the molecule is C=CC(=O)OC(F)(F)C(F)(C(F)F)C(F)(F)F. The smallest absolute Gasteiger partial charge is 0.395 e. The molecule has 0 aromatic heterocycles. The van der Waals surface area contributed by atoms with Crippen LogP contribution in [0.25, 0.3) is 0 Å². The van der Waals surface area contributed by atoms with Crippen LogP contribution in [-0.4, -0.2) is 30.3 Å². The van der Waals surface area contributed by atoms with Gasteiger partial charge in [-0.05, 0) is 0 Å². The maximum absolute atomic E-state index is 12.8. The lowest BCUT2D eigenvalue weighted by atomic mass is 10.1. The number of carbonyl (C=O) groups excluding carboxylic acids is 1. The van der Waals surface area contributed by atoms with Crippen LogP contribution >= 0.6 is 0 Å². The lowest BCUT2D eigenvalue weighted by Crippen LogP contribution is -2.61. The maximum atomic E-state index is 12.8. The zero-order valence-electron chi connectivity index (χ0n) is 7.70. The van der Waals surface area contributed by atoms with Crippen molar-refractivity contribution >= 4 is 5.97 Å². The van der Waals surface area contributed by atoms with E-state index in [1.165, 1.54) is 0 Å². The normalized spacial score (nSPS) is 16.5. The minimum absolute atomic E-state index is 0.0316. The summed E-state index contributed by atoms with van der Waals surface area (Å²) in [6.45, 7) is 2.53. The predicted octanol–water partition coefficient (Wildman–Crippen LogP) is 2.84. The van der Waals surface area contributed by atoms with Crippen LogP contribution in [0.5, 0.6) is 0 Å². The third kappa shape index (κ3) is 2.67. The summed E-state index contributed by atoms with van der Waals surface area (Å²) >= 11 is 0. The van der Waals surface area contributed by atoms with Crippen molar-refractivity contribution in [3.8, 4) is 0 Å².